The number of carbonyl (C=O) groups excluding carboxylic acids is 1. The maximum Gasteiger partial charge on any atom is 0.414 e. The summed E-state index contributed by atoms with van der Waals surface area (Å²) in [5.74, 6) is -0.322. The SMILES string of the molecule is CCCCN1CCN(c2ccc(N3C[C@H](CNC(N)=S)OC3=O)cc2F)CC1. The number of unbranched alkanes of at least 4 members (excludes halogenated alkanes) is 1. The van der Waals surface area contributed by atoms with Gasteiger partial charge in [0.05, 0.1) is 24.5 Å². The van der Waals surface area contributed by atoms with Gasteiger partial charge in [-0.1, -0.05) is 13.3 Å². The van der Waals surface area contributed by atoms with E-state index < -0.39 is 6.09 Å². The number of piperazine rings is 1. The summed E-state index contributed by atoms with van der Waals surface area (Å²) < 4.78 is 20.1. The summed E-state index contributed by atoms with van der Waals surface area (Å²) in [6.45, 7) is 7.44. The molecule has 1 aromatic rings. The van der Waals surface area contributed by atoms with Gasteiger partial charge in [0, 0.05) is 26.2 Å². The van der Waals surface area contributed by atoms with E-state index in [2.05, 4.69) is 22.0 Å². The highest BCUT2D eigenvalue weighted by atomic mass is 32.1. The molecule has 2 heterocycles. The molecule has 154 valence electrons. The number of anilines is 2. The summed E-state index contributed by atoms with van der Waals surface area (Å²) in [6.07, 6.45) is 1.51. The summed E-state index contributed by atoms with van der Waals surface area (Å²) in [5, 5.41) is 2.93. The number of nitrogens with two attached hydrogens (primary N) is 1. The van der Waals surface area contributed by atoms with Gasteiger partial charge in [0.1, 0.15) is 11.9 Å². The zero-order valence-corrected chi connectivity index (χ0v) is 17.0. The van der Waals surface area contributed by atoms with Crippen molar-refractivity contribution in [3.8, 4) is 0 Å². The Balaban J connectivity index is 1.60. The van der Waals surface area contributed by atoms with Crippen LogP contribution in [-0.2, 0) is 4.74 Å². The first-order chi connectivity index (χ1) is 13.5. The quantitative estimate of drug-likeness (QED) is 0.667. The molecule has 2 aliphatic rings. The van der Waals surface area contributed by atoms with Gasteiger partial charge in [-0.2, -0.15) is 0 Å². The molecule has 2 saturated heterocycles. The fraction of sp³-hybridized carbons (Fsp3) is 0.579. The predicted octanol–water partition coefficient (Wildman–Crippen LogP) is 1.91. The summed E-state index contributed by atoms with van der Waals surface area (Å²) in [4.78, 5) is 18.0. The second kappa shape index (κ2) is 9.38. The van der Waals surface area contributed by atoms with E-state index in [4.69, 9.17) is 22.7 Å². The van der Waals surface area contributed by atoms with Gasteiger partial charge in [-0.15, -0.1) is 0 Å². The van der Waals surface area contributed by atoms with E-state index in [-0.39, 0.29) is 17.0 Å². The summed E-state index contributed by atoms with van der Waals surface area (Å²) >= 11 is 4.76. The van der Waals surface area contributed by atoms with E-state index in [1.165, 1.54) is 23.8 Å². The lowest BCUT2D eigenvalue weighted by atomic mass is 10.2. The number of halogens is 1. The number of thiocarbonyl (C=S) groups is 1. The number of nitrogens with one attached hydrogen (secondary N) is 1. The Morgan fingerprint density at radius 2 is 2.11 bits per heavy atom. The van der Waals surface area contributed by atoms with Crippen LogP contribution in [0.3, 0.4) is 0 Å². The van der Waals surface area contributed by atoms with E-state index in [1.54, 1.807) is 12.1 Å². The van der Waals surface area contributed by atoms with E-state index in [9.17, 15) is 9.18 Å². The van der Waals surface area contributed by atoms with Crippen molar-refractivity contribution in [3.05, 3.63) is 24.0 Å². The number of cyclic esters (lactones) is 1. The van der Waals surface area contributed by atoms with Gasteiger partial charge in [-0.3, -0.25) is 9.80 Å². The average molecular weight is 410 g/mol. The number of hydrogen-bond acceptors (Lipinski definition) is 5. The van der Waals surface area contributed by atoms with Gasteiger partial charge in [-0.25, -0.2) is 9.18 Å². The highest BCUT2D eigenvalue weighted by Gasteiger charge is 2.33. The molecule has 9 heteroatoms. The zero-order chi connectivity index (χ0) is 20.1. The minimum absolute atomic E-state index is 0.152. The first kappa shape index (κ1) is 20.6. The maximum absolute atomic E-state index is 14.8. The van der Waals surface area contributed by atoms with Crippen LogP contribution < -0.4 is 20.9 Å². The topological polar surface area (TPSA) is 74.1 Å². The van der Waals surface area contributed by atoms with Crippen molar-refractivity contribution in [2.24, 2.45) is 5.73 Å². The van der Waals surface area contributed by atoms with Crippen LogP contribution in [0.25, 0.3) is 0 Å². The Hall–Kier alpha value is -2.13. The van der Waals surface area contributed by atoms with Gasteiger partial charge in [0.25, 0.3) is 0 Å². The van der Waals surface area contributed by atoms with Crippen molar-refractivity contribution in [2.45, 2.75) is 25.9 Å². The number of carbonyl (C=O) groups is 1. The molecule has 0 aromatic heterocycles. The molecule has 1 aromatic carbocycles. The van der Waals surface area contributed by atoms with Gasteiger partial charge in [-0.05, 0) is 43.4 Å². The Morgan fingerprint density at radius 1 is 1.36 bits per heavy atom. The number of rotatable bonds is 7. The second-order valence-electron chi connectivity index (χ2n) is 7.18. The van der Waals surface area contributed by atoms with Gasteiger partial charge in [0.2, 0.25) is 0 Å². The Kier molecular flexibility index (Phi) is 6.90. The molecule has 2 aliphatic heterocycles. The molecule has 7 nitrogen and oxygen atoms in total. The molecule has 2 fully saturated rings. The molecular weight excluding hydrogens is 381 g/mol. The third-order valence-electron chi connectivity index (χ3n) is 5.16. The zero-order valence-electron chi connectivity index (χ0n) is 16.2. The van der Waals surface area contributed by atoms with Gasteiger partial charge < -0.3 is 20.7 Å². The Bertz CT molecular complexity index is 712. The van der Waals surface area contributed by atoms with Crippen LogP contribution in [0.5, 0.6) is 0 Å². The summed E-state index contributed by atoms with van der Waals surface area (Å²) in [6, 6.07) is 4.93. The average Bonchev–Trinajstić information content (AvgIpc) is 3.06. The van der Waals surface area contributed by atoms with Crippen molar-refractivity contribution in [1.29, 1.82) is 0 Å². The highest BCUT2D eigenvalue weighted by Crippen LogP contribution is 2.28. The van der Waals surface area contributed by atoms with Crippen LogP contribution in [0.15, 0.2) is 18.2 Å². The number of amides is 1. The minimum Gasteiger partial charge on any atom is -0.442 e. The van der Waals surface area contributed by atoms with E-state index in [1.807, 2.05) is 0 Å². The molecule has 0 spiro atoms. The normalized spacial score (nSPS) is 20.4. The van der Waals surface area contributed by atoms with Crippen molar-refractivity contribution >= 4 is 34.8 Å². The van der Waals surface area contributed by atoms with Crippen LogP contribution in [0, 0.1) is 5.82 Å². The van der Waals surface area contributed by atoms with Crippen molar-refractivity contribution in [1.82, 2.24) is 10.2 Å². The first-order valence-corrected chi connectivity index (χ1v) is 10.2. The monoisotopic (exact) mass is 409 g/mol. The number of benzene rings is 1. The molecule has 3 rings (SSSR count). The summed E-state index contributed by atoms with van der Waals surface area (Å²) in [5.41, 5.74) is 6.47. The van der Waals surface area contributed by atoms with Crippen molar-refractivity contribution < 1.29 is 13.9 Å². The lowest BCUT2D eigenvalue weighted by Crippen LogP contribution is -2.46. The van der Waals surface area contributed by atoms with Crippen LogP contribution in [0.2, 0.25) is 0 Å². The van der Waals surface area contributed by atoms with Crippen molar-refractivity contribution in [2.75, 3.05) is 55.6 Å². The van der Waals surface area contributed by atoms with Gasteiger partial charge >= 0.3 is 6.09 Å². The molecule has 3 N–H and O–H groups in total. The van der Waals surface area contributed by atoms with Crippen LogP contribution in [0.1, 0.15) is 19.8 Å². The molecular formula is C19H28FN5O2S. The lowest BCUT2D eigenvalue weighted by Gasteiger charge is -2.36. The third-order valence-corrected chi connectivity index (χ3v) is 5.31. The smallest absolute Gasteiger partial charge is 0.414 e. The molecule has 0 bridgehead atoms. The molecule has 1 amide bonds. The molecule has 0 radical (unpaired) electrons. The van der Waals surface area contributed by atoms with Crippen LogP contribution >= 0.6 is 12.2 Å². The molecule has 0 aliphatic carbocycles. The second-order valence-corrected chi connectivity index (χ2v) is 7.62. The maximum atomic E-state index is 14.8. The fourth-order valence-corrected chi connectivity index (χ4v) is 3.65. The highest BCUT2D eigenvalue weighted by molar-refractivity contribution is 7.80. The Labute approximate surface area is 170 Å². The largest absolute Gasteiger partial charge is 0.442 e. The van der Waals surface area contributed by atoms with Gasteiger partial charge in [0.15, 0.2) is 5.11 Å². The van der Waals surface area contributed by atoms with E-state index in [0.717, 1.165) is 32.7 Å². The van der Waals surface area contributed by atoms with Crippen LogP contribution in [0.4, 0.5) is 20.6 Å². The van der Waals surface area contributed by atoms with E-state index >= 15 is 0 Å². The van der Waals surface area contributed by atoms with E-state index in [0.29, 0.717) is 24.5 Å². The van der Waals surface area contributed by atoms with Crippen molar-refractivity contribution in [3.63, 3.8) is 0 Å². The molecule has 0 saturated carbocycles. The van der Waals surface area contributed by atoms with Crippen LogP contribution in [-0.4, -0.2) is 68.0 Å². The Morgan fingerprint density at radius 3 is 2.75 bits per heavy atom. The molecule has 0 unspecified atom stereocenters. The molecule has 1 atom stereocenters. The number of hydrogen-bond donors (Lipinski definition) is 2. The predicted molar refractivity (Wildman–Crippen MR) is 112 cm³/mol. The lowest BCUT2D eigenvalue weighted by molar-refractivity contribution is 0.143. The fourth-order valence-electron chi connectivity index (χ4n) is 3.57. The molecule has 28 heavy (non-hydrogen) atoms. The summed E-state index contributed by atoms with van der Waals surface area (Å²) in [7, 11) is 0. The third kappa shape index (κ3) is 5.02. The number of ether oxygens (including phenoxy) is 1. The standard InChI is InChI=1S/C19H28FN5O2S/c1-2-3-6-23-7-9-24(10-8-23)17-5-4-14(11-16(17)20)25-13-15(27-19(25)26)12-22-18(21)28/h4-5,11,15H,2-3,6-10,12-13H2,1H3,(H3,21,22,28)/t15-/m0/s1. The minimum atomic E-state index is -0.494. The number of nitrogens with zero attached hydrogens (tertiary/aromatic N) is 3. The first-order valence-electron chi connectivity index (χ1n) is 9.76.